The highest BCUT2D eigenvalue weighted by molar-refractivity contribution is 9.10. The van der Waals surface area contributed by atoms with Crippen LogP contribution in [0.5, 0.6) is 0 Å². The molecule has 0 spiro atoms. The molecular formula is C14H11BrF4N2. The van der Waals surface area contributed by atoms with Crippen molar-refractivity contribution in [2.75, 3.05) is 7.05 Å². The predicted molar refractivity (Wildman–Crippen MR) is 74.2 cm³/mol. The van der Waals surface area contributed by atoms with Crippen molar-refractivity contribution < 1.29 is 17.6 Å². The molecule has 112 valence electrons. The van der Waals surface area contributed by atoms with Crippen LogP contribution in [0.2, 0.25) is 0 Å². The van der Waals surface area contributed by atoms with Gasteiger partial charge in [0, 0.05) is 16.9 Å². The molecule has 1 heterocycles. The van der Waals surface area contributed by atoms with E-state index in [1.807, 2.05) is 0 Å². The lowest BCUT2D eigenvalue weighted by molar-refractivity contribution is -0.140. The summed E-state index contributed by atoms with van der Waals surface area (Å²) >= 11 is 3.26. The largest absolute Gasteiger partial charge is 0.419 e. The van der Waals surface area contributed by atoms with Crippen molar-refractivity contribution >= 4 is 15.9 Å². The van der Waals surface area contributed by atoms with Gasteiger partial charge in [0.25, 0.3) is 0 Å². The van der Waals surface area contributed by atoms with Gasteiger partial charge in [0.1, 0.15) is 5.82 Å². The molecule has 21 heavy (non-hydrogen) atoms. The van der Waals surface area contributed by atoms with E-state index in [0.29, 0.717) is 15.6 Å². The van der Waals surface area contributed by atoms with Gasteiger partial charge in [-0.25, -0.2) is 4.39 Å². The van der Waals surface area contributed by atoms with Gasteiger partial charge in [-0.15, -0.1) is 0 Å². The molecule has 0 amide bonds. The van der Waals surface area contributed by atoms with E-state index in [-0.39, 0.29) is 0 Å². The smallest absolute Gasteiger partial charge is 0.309 e. The third-order valence-corrected chi connectivity index (χ3v) is 3.41. The van der Waals surface area contributed by atoms with Crippen molar-refractivity contribution in [3.8, 4) is 0 Å². The van der Waals surface area contributed by atoms with Gasteiger partial charge >= 0.3 is 6.18 Å². The van der Waals surface area contributed by atoms with Crippen LogP contribution in [0.4, 0.5) is 17.6 Å². The Labute approximate surface area is 127 Å². The molecule has 2 aromatic rings. The minimum absolute atomic E-state index is 0.311. The maximum absolute atomic E-state index is 13.3. The van der Waals surface area contributed by atoms with Gasteiger partial charge in [-0.3, -0.25) is 4.98 Å². The second-order valence-corrected chi connectivity index (χ2v) is 5.31. The number of rotatable bonds is 3. The molecule has 0 radical (unpaired) electrons. The SMILES string of the molecule is CNC(c1cncc(Br)c1)c1ccc(F)c(C(F)(F)F)c1. The third-order valence-electron chi connectivity index (χ3n) is 2.98. The summed E-state index contributed by atoms with van der Waals surface area (Å²) in [5.74, 6) is -1.28. The first kappa shape index (κ1) is 15.9. The number of benzene rings is 1. The van der Waals surface area contributed by atoms with Crippen LogP contribution in [0, 0.1) is 5.82 Å². The maximum atomic E-state index is 13.3. The second kappa shape index (κ2) is 6.11. The molecule has 1 N–H and O–H groups in total. The van der Waals surface area contributed by atoms with E-state index in [9.17, 15) is 17.6 Å². The standard InChI is InChI=1S/C14H11BrF4N2/c1-20-13(9-4-10(15)7-21-6-9)8-2-3-12(16)11(5-8)14(17,18)19/h2-7,13,20H,1H3. The average Bonchev–Trinajstić information content (AvgIpc) is 2.40. The van der Waals surface area contributed by atoms with Gasteiger partial charge in [0.05, 0.1) is 11.6 Å². The minimum atomic E-state index is -4.73. The van der Waals surface area contributed by atoms with Gasteiger partial charge < -0.3 is 5.32 Å². The Morgan fingerprint density at radius 2 is 1.86 bits per heavy atom. The molecule has 0 fully saturated rings. The molecule has 2 rings (SSSR count). The number of aromatic nitrogens is 1. The first-order valence-corrected chi connectivity index (χ1v) is 6.76. The van der Waals surface area contributed by atoms with Crippen LogP contribution >= 0.6 is 15.9 Å². The summed E-state index contributed by atoms with van der Waals surface area (Å²) in [4.78, 5) is 3.98. The lowest BCUT2D eigenvalue weighted by Crippen LogP contribution is -2.19. The Kier molecular flexibility index (Phi) is 4.63. The fraction of sp³-hybridized carbons (Fsp3) is 0.214. The average molecular weight is 363 g/mol. The Bertz CT molecular complexity index is 643. The summed E-state index contributed by atoms with van der Waals surface area (Å²) in [6.45, 7) is 0. The summed E-state index contributed by atoms with van der Waals surface area (Å²) in [5, 5.41) is 2.91. The van der Waals surface area contributed by atoms with E-state index in [2.05, 4.69) is 26.2 Å². The molecule has 0 saturated heterocycles. The van der Waals surface area contributed by atoms with Crippen molar-refractivity contribution in [2.24, 2.45) is 0 Å². The first-order valence-electron chi connectivity index (χ1n) is 5.97. The highest BCUT2D eigenvalue weighted by atomic mass is 79.9. The summed E-state index contributed by atoms with van der Waals surface area (Å²) < 4.78 is 52.4. The number of alkyl halides is 3. The first-order chi connectivity index (χ1) is 9.82. The normalized spacial score (nSPS) is 13.2. The van der Waals surface area contributed by atoms with Crippen molar-refractivity contribution in [2.45, 2.75) is 12.2 Å². The predicted octanol–water partition coefficient (Wildman–Crippen LogP) is 4.31. The lowest BCUT2D eigenvalue weighted by Gasteiger charge is -2.19. The van der Waals surface area contributed by atoms with Crippen LogP contribution in [0.25, 0.3) is 0 Å². The molecule has 0 aliphatic heterocycles. The van der Waals surface area contributed by atoms with E-state index in [0.717, 1.165) is 12.1 Å². The Balaban J connectivity index is 2.49. The number of halogens is 5. The quantitative estimate of drug-likeness (QED) is 0.823. The van der Waals surface area contributed by atoms with Crippen LogP contribution < -0.4 is 5.32 Å². The van der Waals surface area contributed by atoms with Crippen LogP contribution in [0.3, 0.4) is 0 Å². The molecule has 1 unspecified atom stereocenters. The number of hydrogen-bond donors (Lipinski definition) is 1. The summed E-state index contributed by atoms with van der Waals surface area (Å²) in [5.41, 5.74) is -0.291. The topological polar surface area (TPSA) is 24.9 Å². The fourth-order valence-electron chi connectivity index (χ4n) is 2.05. The Morgan fingerprint density at radius 3 is 2.43 bits per heavy atom. The van der Waals surface area contributed by atoms with E-state index in [4.69, 9.17) is 0 Å². The lowest BCUT2D eigenvalue weighted by atomic mass is 9.98. The van der Waals surface area contributed by atoms with Crippen LogP contribution in [0.1, 0.15) is 22.7 Å². The molecule has 0 bridgehead atoms. The van der Waals surface area contributed by atoms with Crippen LogP contribution in [0.15, 0.2) is 41.1 Å². The third kappa shape index (κ3) is 3.59. The Morgan fingerprint density at radius 1 is 1.14 bits per heavy atom. The van der Waals surface area contributed by atoms with E-state index < -0.39 is 23.6 Å². The van der Waals surface area contributed by atoms with E-state index in [1.165, 1.54) is 6.07 Å². The van der Waals surface area contributed by atoms with Crippen molar-refractivity contribution in [3.63, 3.8) is 0 Å². The summed E-state index contributed by atoms with van der Waals surface area (Å²) in [6, 6.07) is 4.19. The highest BCUT2D eigenvalue weighted by Gasteiger charge is 2.34. The summed E-state index contributed by atoms with van der Waals surface area (Å²) in [6.07, 6.45) is -1.61. The molecular weight excluding hydrogens is 352 g/mol. The molecule has 2 nitrogen and oxygen atoms in total. The fourth-order valence-corrected chi connectivity index (χ4v) is 2.43. The summed E-state index contributed by atoms with van der Waals surface area (Å²) in [7, 11) is 1.61. The molecule has 0 saturated carbocycles. The monoisotopic (exact) mass is 362 g/mol. The second-order valence-electron chi connectivity index (χ2n) is 4.40. The van der Waals surface area contributed by atoms with Crippen molar-refractivity contribution in [3.05, 3.63) is 63.6 Å². The van der Waals surface area contributed by atoms with Gasteiger partial charge in [0.15, 0.2) is 0 Å². The zero-order chi connectivity index (χ0) is 15.6. The maximum Gasteiger partial charge on any atom is 0.419 e. The number of pyridine rings is 1. The molecule has 1 aromatic heterocycles. The molecule has 1 aromatic carbocycles. The minimum Gasteiger partial charge on any atom is -0.309 e. The zero-order valence-corrected chi connectivity index (χ0v) is 12.5. The van der Waals surface area contributed by atoms with Gasteiger partial charge in [-0.1, -0.05) is 6.07 Å². The van der Waals surface area contributed by atoms with Gasteiger partial charge in [-0.05, 0) is 52.3 Å². The van der Waals surface area contributed by atoms with Gasteiger partial charge in [-0.2, -0.15) is 13.2 Å². The Hall–Kier alpha value is -1.47. The zero-order valence-electron chi connectivity index (χ0n) is 10.9. The highest BCUT2D eigenvalue weighted by Crippen LogP contribution is 2.34. The molecule has 7 heteroatoms. The van der Waals surface area contributed by atoms with Crippen LogP contribution in [-0.2, 0) is 6.18 Å². The van der Waals surface area contributed by atoms with Gasteiger partial charge in [0.2, 0.25) is 0 Å². The van der Waals surface area contributed by atoms with E-state index in [1.54, 1.807) is 25.5 Å². The van der Waals surface area contributed by atoms with Crippen LogP contribution in [-0.4, -0.2) is 12.0 Å². The number of hydrogen-bond acceptors (Lipinski definition) is 2. The van der Waals surface area contributed by atoms with E-state index >= 15 is 0 Å². The molecule has 1 atom stereocenters. The van der Waals surface area contributed by atoms with Crippen molar-refractivity contribution in [1.29, 1.82) is 0 Å². The number of nitrogens with one attached hydrogen (secondary N) is 1. The molecule has 0 aliphatic carbocycles. The number of nitrogens with zero attached hydrogens (tertiary/aromatic N) is 1. The molecule has 0 aliphatic rings. The van der Waals surface area contributed by atoms with Crippen molar-refractivity contribution in [1.82, 2.24) is 10.3 Å².